The van der Waals surface area contributed by atoms with Crippen molar-refractivity contribution in [1.82, 2.24) is 0 Å². The van der Waals surface area contributed by atoms with E-state index in [1.54, 1.807) is 0 Å². The van der Waals surface area contributed by atoms with Crippen molar-refractivity contribution in [2.24, 2.45) is 5.73 Å². The number of esters is 1. The summed E-state index contributed by atoms with van der Waals surface area (Å²) in [6, 6.07) is 0. The maximum Gasteiger partial charge on any atom is 0.307 e. The van der Waals surface area contributed by atoms with Crippen molar-refractivity contribution in [2.45, 2.75) is 45.4 Å². The molecule has 0 unspecified atom stereocenters. The van der Waals surface area contributed by atoms with Crippen molar-refractivity contribution >= 4 is 5.97 Å². The molecule has 0 bridgehead atoms. The average Bonchev–Trinajstić information content (AvgIpc) is 2.11. The van der Waals surface area contributed by atoms with Crippen LogP contribution in [0, 0.1) is 0 Å². The molecule has 0 radical (unpaired) electrons. The Hall–Kier alpha value is -0.570. The molecule has 0 fully saturated rings. The van der Waals surface area contributed by atoms with E-state index in [-0.39, 0.29) is 5.97 Å². The summed E-state index contributed by atoms with van der Waals surface area (Å²) in [5, 5.41) is 0. The second-order valence-corrected chi connectivity index (χ2v) is 3.17. The molecule has 0 spiro atoms. The Morgan fingerprint density at radius 2 is 1.92 bits per heavy atom. The molecule has 0 rings (SSSR count). The van der Waals surface area contributed by atoms with Crippen LogP contribution in [0.4, 0.5) is 0 Å². The van der Waals surface area contributed by atoms with Crippen LogP contribution < -0.4 is 5.73 Å². The third kappa shape index (κ3) is 9.34. The lowest BCUT2D eigenvalue weighted by Gasteiger charge is -2.03. The maximum absolute atomic E-state index is 10.8. The van der Waals surface area contributed by atoms with Gasteiger partial charge in [-0.3, -0.25) is 4.79 Å². The Labute approximate surface area is 80.6 Å². The summed E-state index contributed by atoms with van der Waals surface area (Å²) in [5.41, 5.74) is 5.20. The van der Waals surface area contributed by atoms with Gasteiger partial charge in [-0.25, -0.2) is 0 Å². The van der Waals surface area contributed by atoms with Gasteiger partial charge in [-0.2, -0.15) is 0 Å². The van der Waals surface area contributed by atoms with Crippen LogP contribution in [0.15, 0.2) is 0 Å². The molecule has 0 aromatic rings. The van der Waals surface area contributed by atoms with Crippen molar-refractivity contribution in [2.75, 3.05) is 13.2 Å². The standard InChI is InChI=1S/C10H21NO2/c1-2-3-4-5-6-9-13-10(12)7-8-11/h2-9,11H2,1H3. The van der Waals surface area contributed by atoms with Gasteiger partial charge in [0.15, 0.2) is 0 Å². The fraction of sp³-hybridized carbons (Fsp3) is 0.900. The minimum Gasteiger partial charge on any atom is -0.466 e. The van der Waals surface area contributed by atoms with Crippen molar-refractivity contribution < 1.29 is 9.53 Å². The highest BCUT2D eigenvalue weighted by Gasteiger charge is 1.99. The predicted molar refractivity (Wildman–Crippen MR) is 53.4 cm³/mol. The first-order chi connectivity index (χ1) is 6.31. The van der Waals surface area contributed by atoms with Gasteiger partial charge < -0.3 is 10.5 Å². The number of nitrogens with two attached hydrogens (primary N) is 1. The van der Waals surface area contributed by atoms with Gasteiger partial charge in [0.25, 0.3) is 0 Å². The van der Waals surface area contributed by atoms with E-state index in [0.29, 0.717) is 19.6 Å². The zero-order valence-electron chi connectivity index (χ0n) is 8.55. The van der Waals surface area contributed by atoms with Crippen LogP contribution >= 0.6 is 0 Å². The lowest BCUT2D eigenvalue weighted by Crippen LogP contribution is -2.11. The molecule has 0 atom stereocenters. The van der Waals surface area contributed by atoms with Gasteiger partial charge in [-0.05, 0) is 6.42 Å². The first-order valence-corrected chi connectivity index (χ1v) is 5.17. The van der Waals surface area contributed by atoms with Gasteiger partial charge in [0, 0.05) is 6.54 Å². The quantitative estimate of drug-likeness (QED) is 0.466. The summed E-state index contributed by atoms with van der Waals surface area (Å²) in [4.78, 5) is 10.8. The van der Waals surface area contributed by atoms with Crippen molar-refractivity contribution in [3.8, 4) is 0 Å². The molecule has 3 heteroatoms. The molecule has 0 saturated carbocycles. The minimum absolute atomic E-state index is 0.169. The van der Waals surface area contributed by atoms with Gasteiger partial charge in [-0.15, -0.1) is 0 Å². The number of carbonyl (C=O) groups excluding carboxylic acids is 1. The Bertz CT molecular complexity index is 126. The maximum atomic E-state index is 10.8. The van der Waals surface area contributed by atoms with Crippen molar-refractivity contribution in [1.29, 1.82) is 0 Å². The normalized spacial score (nSPS) is 10.0. The van der Waals surface area contributed by atoms with Crippen LogP contribution in [0.1, 0.15) is 45.4 Å². The van der Waals surface area contributed by atoms with E-state index >= 15 is 0 Å². The van der Waals surface area contributed by atoms with E-state index in [4.69, 9.17) is 10.5 Å². The Kier molecular flexibility index (Phi) is 9.10. The fourth-order valence-corrected chi connectivity index (χ4v) is 1.08. The molecule has 2 N–H and O–H groups in total. The van der Waals surface area contributed by atoms with Crippen molar-refractivity contribution in [3.05, 3.63) is 0 Å². The second kappa shape index (κ2) is 9.52. The molecule has 0 heterocycles. The summed E-state index contributed by atoms with van der Waals surface area (Å²) in [5.74, 6) is -0.169. The van der Waals surface area contributed by atoms with E-state index in [1.165, 1.54) is 19.3 Å². The number of ether oxygens (including phenoxy) is 1. The summed E-state index contributed by atoms with van der Waals surface area (Å²) < 4.78 is 4.94. The Morgan fingerprint density at radius 3 is 2.54 bits per heavy atom. The highest BCUT2D eigenvalue weighted by molar-refractivity contribution is 5.69. The molecule has 0 aliphatic heterocycles. The molecule has 0 amide bonds. The first kappa shape index (κ1) is 12.4. The van der Waals surface area contributed by atoms with E-state index < -0.39 is 0 Å². The summed E-state index contributed by atoms with van der Waals surface area (Å²) >= 11 is 0. The molecule has 0 aliphatic rings. The molecule has 0 saturated heterocycles. The zero-order chi connectivity index (χ0) is 9.94. The number of carbonyl (C=O) groups is 1. The van der Waals surface area contributed by atoms with Gasteiger partial charge >= 0.3 is 5.97 Å². The lowest BCUT2D eigenvalue weighted by molar-refractivity contribution is -0.143. The largest absolute Gasteiger partial charge is 0.466 e. The molecular formula is C10H21NO2. The van der Waals surface area contributed by atoms with Crippen LogP contribution in [-0.2, 0) is 9.53 Å². The molecular weight excluding hydrogens is 166 g/mol. The SMILES string of the molecule is CCCCCCCOC(=O)CCN. The number of unbranched alkanes of at least 4 members (excludes halogenated alkanes) is 4. The number of hydrogen-bond acceptors (Lipinski definition) is 3. The van der Waals surface area contributed by atoms with Crippen LogP contribution in [0.25, 0.3) is 0 Å². The number of rotatable bonds is 8. The van der Waals surface area contributed by atoms with Gasteiger partial charge in [0.05, 0.1) is 13.0 Å². The molecule has 0 aliphatic carbocycles. The van der Waals surface area contributed by atoms with Gasteiger partial charge in [-0.1, -0.05) is 32.6 Å². The van der Waals surface area contributed by atoms with Crippen LogP contribution in [-0.4, -0.2) is 19.1 Å². The van der Waals surface area contributed by atoms with Gasteiger partial charge in [0.2, 0.25) is 0 Å². The molecule has 0 aromatic carbocycles. The molecule has 3 nitrogen and oxygen atoms in total. The van der Waals surface area contributed by atoms with Gasteiger partial charge in [0.1, 0.15) is 0 Å². The van der Waals surface area contributed by atoms with E-state index in [0.717, 1.165) is 12.8 Å². The third-order valence-corrected chi connectivity index (χ3v) is 1.86. The second-order valence-electron chi connectivity index (χ2n) is 3.17. The minimum atomic E-state index is -0.169. The monoisotopic (exact) mass is 187 g/mol. The summed E-state index contributed by atoms with van der Waals surface area (Å²) in [6.45, 7) is 3.12. The first-order valence-electron chi connectivity index (χ1n) is 5.17. The highest BCUT2D eigenvalue weighted by atomic mass is 16.5. The predicted octanol–water partition coefficient (Wildman–Crippen LogP) is 1.85. The average molecular weight is 187 g/mol. The fourth-order valence-electron chi connectivity index (χ4n) is 1.08. The van der Waals surface area contributed by atoms with Crippen LogP contribution in [0.2, 0.25) is 0 Å². The Morgan fingerprint density at radius 1 is 1.23 bits per heavy atom. The molecule has 78 valence electrons. The highest BCUT2D eigenvalue weighted by Crippen LogP contribution is 2.02. The third-order valence-electron chi connectivity index (χ3n) is 1.86. The van der Waals surface area contributed by atoms with E-state index in [9.17, 15) is 4.79 Å². The van der Waals surface area contributed by atoms with Crippen molar-refractivity contribution in [3.63, 3.8) is 0 Å². The van der Waals surface area contributed by atoms with Crippen LogP contribution in [0.3, 0.4) is 0 Å². The topological polar surface area (TPSA) is 52.3 Å². The smallest absolute Gasteiger partial charge is 0.307 e. The zero-order valence-corrected chi connectivity index (χ0v) is 8.55. The molecule has 0 aromatic heterocycles. The lowest BCUT2D eigenvalue weighted by atomic mass is 10.2. The Balaban J connectivity index is 3.02. The summed E-state index contributed by atoms with van der Waals surface area (Å²) in [7, 11) is 0. The van der Waals surface area contributed by atoms with Crippen LogP contribution in [0.5, 0.6) is 0 Å². The van der Waals surface area contributed by atoms with E-state index in [1.807, 2.05) is 0 Å². The summed E-state index contributed by atoms with van der Waals surface area (Å²) in [6.07, 6.45) is 6.24. The molecule has 13 heavy (non-hydrogen) atoms. The van der Waals surface area contributed by atoms with E-state index in [2.05, 4.69) is 6.92 Å². The number of hydrogen-bond donors (Lipinski definition) is 1.